The van der Waals surface area contributed by atoms with Gasteiger partial charge >= 0.3 is 0 Å². The summed E-state index contributed by atoms with van der Waals surface area (Å²) in [5.41, 5.74) is 10.1. The van der Waals surface area contributed by atoms with Gasteiger partial charge in [0.25, 0.3) is 0 Å². The molecule has 49 heavy (non-hydrogen) atoms. The molecule has 4 aromatic heterocycles. The van der Waals surface area contributed by atoms with Crippen molar-refractivity contribution in [1.82, 2.24) is 18.9 Å². The molecule has 1 fully saturated rings. The summed E-state index contributed by atoms with van der Waals surface area (Å²) < 4.78 is 11.6. The maximum absolute atomic E-state index is 6.74. The van der Waals surface area contributed by atoms with Gasteiger partial charge < -0.3 is 4.74 Å². The van der Waals surface area contributed by atoms with Crippen molar-refractivity contribution in [2.24, 2.45) is 0 Å². The van der Waals surface area contributed by atoms with E-state index in [2.05, 4.69) is 128 Å². The lowest BCUT2D eigenvalue weighted by atomic mass is 9.61. The number of hydrogen-bond donors (Lipinski definition) is 0. The third-order valence-corrected chi connectivity index (χ3v) is 13.2. The van der Waals surface area contributed by atoms with Gasteiger partial charge in [-0.25, -0.2) is 9.97 Å². The molecule has 5 heteroatoms. The van der Waals surface area contributed by atoms with E-state index in [4.69, 9.17) is 14.7 Å². The van der Waals surface area contributed by atoms with Crippen LogP contribution in [0.3, 0.4) is 0 Å². The molecule has 4 aromatic carbocycles. The minimum absolute atomic E-state index is 0.0323. The Labute approximate surface area is 285 Å². The summed E-state index contributed by atoms with van der Waals surface area (Å²) >= 11 is 0. The van der Waals surface area contributed by atoms with Crippen LogP contribution in [0.5, 0.6) is 11.5 Å². The van der Waals surface area contributed by atoms with Gasteiger partial charge in [-0.3, -0.25) is 8.97 Å². The minimum atomic E-state index is -0.0874. The van der Waals surface area contributed by atoms with Gasteiger partial charge in [-0.2, -0.15) is 0 Å². The van der Waals surface area contributed by atoms with Crippen molar-refractivity contribution >= 4 is 49.1 Å². The Morgan fingerprint density at radius 1 is 0.612 bits per heavy atom. The summed E-state index contributed by atoms with van der Waals surface area (Å²) in [6.07, 6.45) is 10.2. The molecule has 1 aliphatic carbocycles. The summed E-state index contributed by atoms with van der Waals surface area (Å²) in [5, 5.41) is 6.10. The van der Waals surface area contributed by atoms with Crippen LogP contribution in [0.15, 0.2) is 97.3 Å². The second-order valence-corrected chi connectivity index (χ2v) is 15.8. The molecule has 2 aliphatic heterocycles. The summed E-state index contributed by atoms with van der Waals surface area (Å²) in [4.78, 5) is 10.1. The molecule has 3 aliphatic rings. The number of fused-ring (bicyclic) bond motifs is 10. The summed E-state index contributed by atoms with van der Waals surface area (Å²) in [7, 11) is 0. The van der Waals surface area contributed by atoms with E-state index in [0.717, 1.165) is 33.9 Å². The third-order valence-electron chi connectivity index (χ3n) is 13.2. The van der Waals surface area contributed by atoms with E-state index in [1.165, 1.54) is 87.1 Å². The van der Waals surface area contributed by atoms with E-state index in [1.54, 1.807) is 0 Å². The van der Waals surface area contributed by atoms with Gasteiger partial charge in [-0.15, -0.1) is 0 Å². The van der Waals surface area contributed by atoms with E-state index in [1.807, 2.05) is 6.20 Å². The highest BCUT2D eigenvalue weighted by atomic mass is 16.5. The predicted molar refractivity (Wildman–Crippen MR) is 199 cm³/mol. The number of imidazole rings is 1. The topological polar surface area (TPSA) is 44.3 Å². The highest BCUT2D eigenvalue weighted by Crippen LogP contribution is 2.54. The Bertz CT molecular complexity index is 2740. The second kappa shape index (κ2) is 9.09. The number of ether oxygens (including phenoxy) is 1. The van der Waals surface area contributed by atoms with Crippen LogP contribution < -0.4 is 4.74 Å². The van der Waals surface area contributed by atoms with Gasteiger partial charge in [0.1, 0.15) is 23.0 Å². The lowest BCUT2D eigenvalue weighted by molar-refractivity contribution is 0.288. The van der Waals surface area contributed by atoms with E-state index in [9.17, 15) is 0 Å². The van der Waals surface area contributed by atoms with Crippen LogP contribution in [0.2, 0.25) is 0 Å². The van der Waals surface area contributed by atoms with Crippen molar-refractivity contribution in [3.63, 3.8) is 0 Å². The fraction of sp³-hybridized carbons (Fsp3) is 0.273. The quantitative estimate of drug-likeness (QED) is 0.177. The van der Waals surface area contributed by atoms with E-state index in [0.29, 0.717) is 0 Å². The Kier molecular flexibility index (Phi) is 5.15. The van der Waals surface area contributed by atoms with Crippen molar-refractivity contribution < 1.29 is 4.74 Å². The van der Waals surface area contributed by atoms with Crippen LogP contribution in [-0.2, 0) is 16.2 Å². The Hall–Kier alpha value is -5.16. The molecule has 5 nitrogen and oxygen atoms in total. The molecule has 8 aromatic rings. The first-order valence-electron chi connectivity index (χ1n) is 17.9. The number of rotatable bonds is 2. The zero-order chi connectivity index (χ0) is 32.9. The van der Waals surface area contributed by atoms with Crippen molar-refractivity contribution in [3.8, 4) is 17.3 Å². The monoisotopic (exact) mass is 638 g/mol. The summed E-state index contributed by atoms with van der Waals surface area (Å²) in [5.74, 6) is 2.69. The summed E-state index contributed by atoms with van der Waals surface area (Å²) in [6.45, 7) is 9.44. The number of hydrogen-bond acceptors (Lipinski definition) is 3. The van der Waals surface area contributed by atoms with Crippen LogP contribution in [-0.4, -0.2) is 18.9 Å². The van der Waals surface area contributed by atoms with Gasteiger partial charge in [0, 0.05) is 67.5 Å². The first-order chi connectivity index (χ1) is 23.8. The summed E-state index contributed by atoms with van der Waals surface area (Å²) in [6, 6.07) is 31.2. The normalized spacial score (nSPS) is 18.3. The molecular formula is C44H38N4O. The standard InChI is InChI=1S/C44H38N4O/c1-42(2)33-13-8-11-30-28-18-16-26(23-32(28)40-46-25-37(43(42,3)4)48(40)38(30)33)49-27-17-19-29-31-12-9-14-34-39(31)47(36(29)24-27)41-35(15-10-22-45-41)44(34)20-6-5-7-21-44/h8-19,22-25H,5-7,20-21H2,1-4H3. The molecule has 6 heterocycles. The van der Waals surface area contributed by atoms with Gasteiger partial charge in [0.15, 0.2) is 0 Å². The molecule has 1 saturated carbocycles. The molecule has 0 unspecified atom stereocenters. The highest BCUT2D eigenvalue weighted by molar-refractivity contribution is 6.14. The third kappa shape index (κ3) is 3.27. The van der Waals surface area contributed by atoms with E-state index in [-0.39, 0.29) is 16.2 Å². The van der Waals surface area contributed by atoms with Crippen molar-refractivity contribution in [2.75, 3.05) is 0 Å². The van der Waals surface area contributed by atoms with Gasteiger partial charge in [0.2, 0.25) is 0 Å². The molecular weight excluding hydrogens is 601 g/mol. The maximum atomic E-state index is 6.74. The molecule has 0 atom stereocenters. The molecule has 0 bridgehead atoms. The van der Waals surface area contributed by atoms with Gasteiger partial charge in [0.05, 0.1) is 16.6 Å². The lowest BCUT2D eigenvalue weighted by Gasteiger charge is -2.45. The molecule has 240 valence electrons. The van der Waals surface area contributed by atoms with Crippen LogP contribution in [0.4, 0.5) is 0 Å². The molecule has 1 spiro atoms. The first kappa shape index (κ1) is 27.8. The molecule has 0 amide bonds. The second-order valence-electron chi connectivity index (χ2n) is 15.8. The average molecular weight is 639 g/mol. The largest absolute Gasteiger partial charge is 0.457 e. The molecule has 0 saturated heterocycles. The fourth-order valence-electron chi connectivity index (χ4n) is 10.0. The number of para-hydroxylation sites is 2. The first-order valence-corrected chi connectivity index (χ1v) is 17.9. The Morgan fingerprint density at radius 2 is 1.33 bits per heavy atom. The van der Waals surface area contributed by atoms with Crippen LogP contribution >= 0.6 is 0 Å². The zero-order valence-corrected chi connectivity index (χ0v) is 28.5. The van der Waals surface area contributed by atoms with Crippen molar-refractivity contribution in [1.29, 1.82) is 0 Å². The molecule has 0 N–H and O–H groups in total. The van der Waals surface area contributed by atoms with Crippen molar-refractivity contribution in [2.45, 2.75) is 76.0 Å². The number of aromatic nitrogens is 4. The number of benzene rings is 4. The van der Waals surface area contributed by atoms with Gasteiger partial charge in [-0.1, -0.05) is 89.4 Å². The number of nitrogens with zero attached hydrogens (tertiary/aromatic N) is 4. The Morgan fingerprint density at radius 3 is 2.14 bits per heavy atom. The molecule has 11 rings (SSSR count). The maximum Gasteiger partial charge on any atom is 0.145 e. The smallest absolute Gasteiger partial charge is 0.145 e. The molecule has 0 radical (unpaired) electrons. The fourth-order valence-corrected chi connectivity index (χ4v) is 10.0. The van der Waals surface area contributed by atoms with E-state index >= 15 is 0 Å². The Balaban J connectivity index is 1.10. The predicted octanol–water partition coefficient (Wildman–Crippen LogP) is 11.1. The number of pyridine rings is 2. The highest BCUT2D eigenvalue weighted by Gasteiger charge is 2.46. The average Bonchev–Trinajstić information content (AvgIpc) is 3.72. The van der Waals surface area contributed by atoms with Gasteiger partial charge in [-0.05, 0) is 65.8 Å². The van der Waals surface area contributed by atoms with E-state index < -0.39 is 0 Å². The van der Waals surface area contributed by atoms with Crippen molar-refractivity contribution in [3.05, 3.63) is 120 Å². The van der Waals surface area contributed by atoms with Crippen LogP contribution in [0.25, 0.3) is 54.9 Å². The SMILES string of the molecule is CC1(C)c2cccc3c4ccc(Oc5ccc6c7cccc8c7n(c6c5)-c5ncccc5C85CCCCC5)cc4c4ncc(n4c23)C1(C)C. The minimum Gasteiger partial charge on any atom is -0.457 e. The van der Waals surface area contributed by atoms with Crippen LogP contribution in [0.1, 0.15) is 82.2 Å². The lowest BCUT2D eigenvalue weighted by Crippen LogP contribution is -2.44. The van der Waals surface area contributed by atoms with Crippen LogP contribution in [0, 0.1) is 0 Å². The zero-order valence-electron chi connectivity index (χ0n) is 28.5.